The number of carbonyl (C=O) groups is 1. The van der Waals surface area contributed by atoms with Crippen molar-refractivity contribution in [2.24, 2.45) is 5.73 Å². The highest BCUT2D eigenvalue weighted by atomic mass is 32.1. The van der Waals surface area contributed by atoms with E-state index in [1.807, 2.05) is 36.1 Å². The Kier molecular flexibility index (Phi) is 6.97. The monoisotopic (exact) mass is 295 g/mol. The quantitative estimate of drug-likeness (QED) is 0.693. The number of rotatable bonds is 8. The van der Waals surface area contributed by atoms with Crippen LogP contribution in [0.1, 0.15) is 12.5 Å². The lowest BCUT2D eigenvalue weighted by Gasteiger charge is -2.19. The van der Waals surface area contributed by atoms with Crippen molar-refractivity contribution >= 4 is 23.1 Å². The molecule has 0 unspecified atom stereocenters. The molecular weight excluding hydrogens is 274 g/mol. The average molecular weight is 295 g/mol. The summed E-state index contributed by atoms with van der Waals surface area (Å²) in [6, 6.07) is 7.34. The fraction of sp³-hybridized carbons (Fsp3) is 0.429. The SMILES string of the molecule is CCN(CCOc1ccc(C(N)=S)cc1)CC(=O)NC. The molecule has 0 radical (unpaired) electrons. The molecule has 0 saturated carbocycles. The van der Waals surface area contributed by atoms with E-state index in [9.17, 15) is 4.79 Å². The van der Waals surface area contributed by atoms with Gasteiger partial charge in [-0.1, -0.05) is 19.1 Å². The number of nitrogens with zero attached hydrogens (tertiary/aromatic N) is 1. The molecule has 6 heteroatoms. The number of benzene rings is 1. The molecule has 1 amide bonds. The molecule has 110 valence electrons. The van der Waals surface area contributed by atoms with E-state index in [-0.39, 0.29) is 5.91 Å². The Balaban J connectivity index is 2.38. The van der Waals surface area contributed by atoms with Crippen LogP contribution >= 0.6 is 12.2 Å². The third-order valence-electron chi connectivity index (χ3n) is 2.91. The van der Waals surface area contributed by atoms with Gasteiger partial charge in [-0.25, -0.2) is 0 Å². The molecular formula is C14H21N3O2S. The van der Waals surface area contributed by atoms with Gasteiger partial charge in [0.25, 0.3) is 0 Å². The fourth-order valence-corrected chi connectivity index (χ4v) is 1.78. The molecule has 1 aromatic carbocycles. The molecule has 0 aliphatic carbocycles. The lowest BCUT2D eigenvalue weighted by atomic mass is 10.2. The van der Waals surface area contributed by atoms with Crippen molar-refractivity contribution in [1.29, 1.82) is 0 Å². The number of thiocarbonyl (C=S) groups is 1. The van der Waals surface area contributed by atoms with Crippen molar-refractivity contribution in [2.45, 2.75) is 6.92 Å². The second-order valence-electron chi connectivity index (χ2n) is 4.28. The number of hydrogen-bond donors (Lipinski definition) is 2. The van der Waals surface area contributed by atoms with E-state index < -0.39 is 0 Å². The van der Waals surface area contributed by atoms with E-state index in [0.29, 0.717) is 24.7 Å². The van der Waals surface area contributed by atoms with Crippen LogP contribution in [-0.4, -0.2) is 49.1 Å². The molecule has 0 spiro atoms. The number of ether oxygens (including phenoxy) is 1. The van der Waals surface area contributed by atoms with Crippen molar-refractivity contribution in [3.8, 4) is 5.75 Å². The minimum Gasteiger partial charge on any atom is -0.492 e. The van der Waals surface area contributed by atoms with Gasteiger partial charge in [0.05, 0.1) is 6.54 Å². The Morgan fingerprint density at radius 1 is 1.40 bits per heavy atom. The van der Waals surface area contributed by atoms with Gasteiger partial charge < -0.3 is 15.8 Å². The number of likely N-dealkylation sites (N-methyl/N-ethyl adjacent to an activating group) is 2. The zero-order valence-electron chi connectivity index (χ0n) is 11.9. The van der Waals surface area contributed by atoms with Gasteiger partial charge in [0.15, 0.2) is 0 Å². The zero-order valence-corrected chi connectivity index (χ0v) is 12.7. The first-order valence-corrected chi connectivity index (χ1v) is 6.93. The predicted molar refractivity (Wildman–Crippen MR) is 84.0 cm³/mol. The molecule has 1 rings (SSSR count). The standard InChI is InChI=1S/C14H21N3O2S/c1-3-17(10-13(18)16-2)8-9-19-12-6-4-11(5-7-12)14(15)20/h4-7H,3,8-10H2,1-2H3,(H2,15,20)(H,16,18). The molecule has 3 N–H and O–H groups in total. The van der Waals surface area contributed by atoms with Crippen LogP contribution in [0.2, 0.25) is 0 Å². The van der Waals surface area contributed by atoms with Crippen LogP contribution in [0.15, 0.2) is 24.3 Å². The second-order valence-corrected chi connectivity index (χ2v) is 4.72. The van der Waals surface area contributed by atoms with Gasteiger partial charge in [-0.15, -0.1) is 0 Å². The molecule has 0 atom stereocenters. The second kappa shape index (κ2) is 8.50. The summed E-state index contributed by atoms with van der Waals surface area (Å²) in [4.78, 5) is 13.7. The Bertz CT molecular complexity index is 448. The number of carbonyl (C=O) groups excluding carboxylic acids is 1. The molecule has 1 aromatic rings. The highest BCUT2D eigenvalue weighted by Crippen LogP contribution is 2.12. The maximum Gasteiger partial charge on any atom is 0.233 e. The highest BCUT2D eigenvalue weighted by Gasteiger charge is 2.07. The number of amides is 1. The first-order chi connectivity index (χ1) is 9.56. The van der Waals surface area contributed by atoms with Crippen molar-refractivity contribution in [3.05, 3.63) is 29.8 Å². The summed E-state index contributed by atoms with van der Waals surface area (Å²) >= 11 is 4.89. The Morgan fingerprint density at radius 3 is 2.55 bits per heavy atom. The zero-order chi connectivity index (χ0) is 15.0. The van der Waals surface area contributed by atoms with E-state index in [1.54, 1.807) is 7.05 Å². The van der Waals surface area contributed by atoms with Gasteiger partial charge >= 0.3 is 0 Å². The molecule has 0 saturated heterocycles. The van der Waals surface area contributed by atoms with Crippen molar-refractivity contribution in [1.82, 2.24) is 10.2 Å². The molecule has 20 heavy (non-hydrogen) atoms. The van der Waals surface area contributed by atoms with E-state index in [1.165, 1.54) is 0 Å². The van der Waals surface area contributed by atoms with Gasteiger partial charge in [-0.2, -0.15) is 0 Å². The molecule has 0 aliphatic heterocycles. The minimum atomic E-state index is 0.00709. The Labute approximate surface area is 125 Å². The number of nitrogens with one attached hydrogen (secondary N) is 1. The van der Waals surface area contributed by atoms with Gasteiger partial charge in [0, 0.05) is 19.2 Å². The largest absolute Gasteiger partial charge is 0.492 e. The first-order valence-electron chi connectivity index (χ1n) is 6.52. The molecule has 0 fully saturated rings. The maximum absolute atomic E-state index is 11.3. The van der Waals surface area contributed by atoms with Gasteiger partial charge in [0.1, 0.15) is 17.3 Å². The molecule has 5 nitrogen and oxygen atoms in total. The van der Waals surface area contributed by atoms with E-state index in [0.717, 1.165) is 17.9 Å². The highest BCUT2D eigenvalue weighted by molar-refractivity contribution is 7.80. The van der Waals surface area contributed by atoms with Gasteiger partial charge in [-0.05, 0) is 30.8 Å². The summed E-state index contributed by atoms with van der Waals surface area (Å²) < 4.78 is 5.63. The molecule has 0 bridgehead atoms. The van der Waals surface area contributed by atoms with Crippen LogP contribution < -0.4 is 15.8 Å². The molecule has 0 aromatic heterocycles. The lowest BCUT2D eigenvalue weighted by molar-refractivity contribution is -0.121. The fourth-order valence-electron chi connectivity index (χ4n) is 1.64. The summed E-state index contributed by atoms with van der Waals surface area (Å²) in [5, 5.41) is 2.61. The Morgan fingerprint density at radius 2 is 2.05 bits per heavy atom. The lowest BCUT2D eigenvalue weighted by Crippen LogP contribution is -2.37. The van der Waals surface area contributed by atoms with Crippen LogP contribution in [0.4, 0.5) is 0 Å². The third kappa shape index (κ3) is 5.54. The minimum absolute atomic E-state index is 0.00709. The average Bonchev–Trinajstić information content (AvgIpc) is 2.46. The summed E-state index contributed by atoms with van der Waals surface area (Å²) in [7, 11) is 1.64. The predicted octanol–water partition coefficient (Wildman–Crippen LogP) is 0.767. The van der Waals surface area contributed by atoms with Crippen LogP contribution in [0, 0.1) is 0 Å². The number of hydrogen-bond acceptors (Lipinski definition) is 4. The third-order valence-corrected chi connectivity index (χ3v) is 3.14. The summed E-state index contributed by atoms with van der Waals surface area (Å²) in [5.41, 5.74) is 6.35. The van der Waals surface area contributed by atoms with Crippen LogP contribution in [0.3, 0.4) is 0 Å². The Hall–Kier alpha value is -1.66. The molecule has 0 aliphatic rings. The van der Waals surface area contributed by atoms with Crippen molar-refractivity contribution in [3.63, 3.8) is 0 Å². The van der Waals surface area contributed by atoms with E-state index in [2.05, 4.69) is 5.32 Å². The summed E-state index contributed by atoms with van der Waals surface area (Å²) in [5.74, 6) is 0.772. The van der Waals surface area contributed by atoms with E-state index >= 15 is 0 Å². The van der Waals surface area contributed by atoms with Crippen molar-refractivity contribution < 1.29 is 9.53 Å². The van der Waals surface area contributed by atoms with Crippen LogP contribution in [0.5, 0.6) is 5.75 Å². The summed E-state index contributed by atoms with van der Waals surface area (Å²) in [6.45, 7) is 4.42. The number of nitrogens with two attached hydrogens (primary N) is 1. The first kappa shape index (κ1) is 16.4. The van der Waals surface area contributed by atoms with Crippen LogP contribution in [0.25, 0.3) is 0 Å². The smallest absolute Gasteiger partial charge is 0.233 e. The van der Waals surface area contributed by atoms with Crippen LogP contribution in [-0.2, 0) is 4.79 Å². The van der Waals surface area contributed by atoms with E-state index in [4.69, 9.17) is 22.7 Å². The maximum atomic E-state index is 11.3. The molecule has 0 heterocycles. The normalized spacial score (nSPS) is 10.3. The summed E-state index contributed by atoms with van der Waals surface area (Å²) in [6.07, 6.45) is 0. The van der Waals surface area contributed by atoms with Gasteiger partial charge in [-0.3, -0.25) is 9.69 Å². The van der Waals surface area contributed by atoms with Crippen molar-refractivity contribution in [2.75, 3.05) is 33.3 Å². The van der Waals surface area contributed by atoms with Gasteiger partial charge in [0.2, 0.25) is 5.91 Å². The topological polar surface area (TPSA) is 67.6 Å².